The molecule has 0 radical (unpaired) electrons. The number of aromatic nitrogens is 2. The summed E-state index contributed by atoms with van der Waals surface area (Å²) in [5.41, 5.74) is 7.31. The topological polar surface area (TPSA) is 53.1 Å². The first-order valence-electron chi connectivity index (χ1n) is 4.75. The monoisotopic (exact) mass is 221 g/mol. The lowest BCUT2D eigenvalue weighted by Crippen LogP contribution is -1.98. The zero-order chi connectivity index (χ0) is 11.7. The Hall–Kier alpha value is -2.04. The van der Waals surface area contributed by atoms with Crippen molar-refractivity contribution in [2.75, 3.05) is 12.8 Å². The Morgan fingerprint density at radius 2 is 2.12 bits per heavy atom. The summed E-state index contributed by atoms with van der Waals surface area (Å²) in [5.74, 6) is 0.618. The maximum atomic E-state index is 13.0. The van der Waals surface area contributed by atoms with E-state index in [9.17, 15) is 4.39 Å². The number of rotatable bonds is 2. The normalized spacial score (nSPS) is 10.4. The van der Waals surface area contributed by atoms with Gasteiger partial charge in [0.2, 0.25) is 0 Å². The number of anilines is 1. The number of nitrogens with zero attached hydrogens (tertiary/aromatic N) is 2. The molecule has 1 aromatic heterocycles. The zero-order valence-electron chi connectivity index (χ0n) is 9.07. The second-order valence-electron chi connectivity index (χ2n) is 3.41. The average molecular weight is 221 g/mol. The quantitative estimate of drug-likeness (QED) is 0.841. The van der Waals surface area contributed by atoms with E-state index in [1.54, 1.807) is 24.0 Å². The number of ether oxygens (including phenoxy) is 1. The van der Waals surface area contributed by atoms with E-state index < -0.39 is 0 Å². The largest absolute Gasteiger partial charge is 0.496 e. The third kappa shape index (κ3) is 1.60. The van der Waals surface area contributed by atoms with Gasteiger partial charge in [0.05, 0.1) is 13.3 Å². The molecule has 0 saturated heterocycles. The van der Waals surface area contributed by atoms with E-state index in [4.69, 9.17) is 10.5 Å². The molecule has 0 aliphatic carbocycles. The molecule has 2 N–H and O–H groups in total. The number of hydrogen-bond acceptors (Lipinski definition) is 3. The van der Waals surface area contributed by atoms with Crippen molar-refractivity contribution in [3.63, 3.8) is 0 Å². The van der Waals surface area contributed by atoms with E-state index in [0.717, 1.165) is 11.1 Å². The highest BCUT2D eigenvalue weighted by Crippen LogP contribution is 2.33. The molecule has 1 aromatic carbocycles. The molecule has 1 heterocycles. The first-order chi connectivity index (χ1) is 7.63. The second-order valence-corrected chi connectivity index (χ2v) is 3.41. The van der Waals surface area contributed by atoms with Crippen molar-refractivity contribution >= 4 is 5.82 Å². The number of benzene rings is 1. The van der Waals surface area contributed by atoms with E-state index in [2.05, 4.69) is 5.10 Å². The molecule has 2 aromatic rings. The lowest BCUT2D eigenvalue weighted by molar-refractivity contribution is 0.413. The fraction of sp³-hybridized carbons (Fsp3) is 0.182. The summed E-state index contributed by atoms with van der Waals surface area (Å²) in [6.45, 7) is 0. The molecule has 0 unspecified atom stereocenters. The van der Waals surface area contributed by atoms with Gasteiger partial charge in [-0.1, -0.05) is 0 Å². The number of nitrogens with two attached hydrogens (primary N) is 1. The summed E-state index contributed by atoms with van der Waals surface area (Å²) in [7, 11) is 3.24. The van der Waals surface area contributed by atoms with Crippen LogP contribution in [0.4, 0.5) is 10.2 Å². The minimum absolute atomic E-state index is 0.344. The molecule has 4 nitrogen and oxygen atoms in total. The van der Waals surface area contributed by atoms with Crippen LogP contribution < -0.4 is 10.5 Å². The van der Waals surface area contributed by atoms with Gasteiger partial charge in [-0.15, -0.1) is 0 Å². The Labute approximate surface area is 92.4 Å². The maximum absolute atomic E-state index is 13.0. The lowest BCUT2D eigenvalue weighted by Gasteiger charge is -2.07. The first-order valence-corrected chi connectivity index (χ1v) is 4.75. The van der Waals surface area contributed by atoms with Crippen molar-refractivity contribution in [1.82, 2.24) is 9.78 Å². The van der Waals surface area contributed by atoms with Gasteiger partial charge >= 0.3 is 0 Å². The van der Waals surface area contributed by atoms with Crippen LogP contribution in [0.2, 0.25) is 0 Å². The fourth-order valence-electron chi connectivity index (χ4n) is 1.54. The maximum Gasteiger partial charge on any atom is 0.129 e. The van der Waals surface area contributed by atoms with Gasteiger partial charge in [-0.3, -0.25) is 4.68 Å². The summed E-state index contributed by atoms with van der Waals surface area (Å²) < 4.78 is 19.7. The minimum atomic E-state index is -0.344. The molecule has 84 valence electrons. The molecule has 0 amide bonds. The zero-order valence-corrected chi connectivity index (χ0v) is 9.07. The Morgan fingerprint density at radius 1 is 1.38 bits per heavy atom. The Bertz CT molecular complexity index is 522. The average Bonchev–Trinajstić information content (AvgIpc) is 2.60. The van der Waals surface area contributed by atoms with Gasteiger partial charge in [0.25, 0.3) is 0 Å². The molecule has 0 spiro atoms. The van der Waals surface area contributed by atoms with Gasteiger partial charge in [0.1, 0.15) is 17.4 Å². The van der Waals surface area contributed by atoms with Crippen molar-refractivity contribution in [3.05, 3.63) is 30.2 Å². The lowest BCUT2D eigenvalue weighted by atomic mass is 10.1. The summed E-state index contributed by atoms with van der Waals surface area (Å²) in [6, 6.07) is 4.31. The smallest absolute Gasteiger partial charge is 0.129 e. The predicted octanol–water partition coefficient (Wildman–Crippen LogP) is 1.82. The molecule has 2 rings (SSSR count). The van der Waals surface area contributed by atoms with E-state index in [1.807, 2.05) is 0 Å². The van der Waals surface area contributed by atoms with Crippen molar-refractivity contribution < 1.29 is 9.13 Å². The molecule has 0 saturated carbocycles. The SMILES string of the molecule is COc1cc(F)ccc1-c1cnn(C)c1N. The van der Waals surface area contributed by atoms with Gasteiger partial charge in [-0.05, 0) is 12.1 Å². The second kappa shape index (κ2) is 3.84. The van der Waals surface area contributed by atoms with E-state index in [-0.39, 0.29) is 5.82 Å². The standard InChI is InChI=1S/C11H12FN3O/c1-15-11(13)9(6-14-15)8-4-3-7(12)5-10(8)16-2/h3-6H,13H2,1-2H3. The number of halogens is 1. The van der Waals surface area contributed by atoms with Gasteiger partial charge in [-0.25, -0.2) is 4.39 Å². The van der Waals surface area contributed by atoms with Crippen molar-refractivity contribution in [2.24, 2.45) is 7.05 Å². The van der Waals surface area contributed by atoms with Crippen LogP contribution in [0.25, 0.3) is 11.1 Å². The van der Waals surface area contributed by atoms with E-state index in [0.29, 0.717) is 11.6 Å². The predicted molar refractivity (Wildman–Crippen MR) is 59.6 cm³/mol. The summed E-state index contributed by atoms with van der Waals surface area (Å²) in [6.07, 6.45) is 1.63. The summed E-state index contributed by atoms with van der Waals surface area (Å²) in [4.78, 5) is 0. The molecule has 5 heteroatoms. The van der Waals surface area contributed by atoms with E-state index in [1.165, 1.54) is 19.2 Å². The van der Waals surface area contributed by atoms with E-state index >= 15 is 0 Å². The van der Waals surface area contributed by atoms with Gasteiger partial charge in [0.15, 0.2) is 0 Å². The van der Waals surface area contributed by atoms with Crippen LogP contribution >= 0.6 is 0 Å². The number of nitrogen functional groups attached to an aromatic ring is 1. The van der Waals surface area contributed by atoms with Crippen LogP contribution in [-0.4, -0.2) is 16.9 Å². The Kier molecular flexibility index (Phi) is 2.52. The first kappa shape index (κ1) is 10.5. The molecule has 0 fully saturated rings. The number of aryl methyl sites for hydroxylation is 1. The molecular weight excluding hydrogens is 209 g/mol. The molecular formula is C11H12FN3O. The van der Waals surface area contributed by atoms with Crippen molar-refractivity contribution in [2.45, 2.75) is 0 Å². The van der Waals surface area contributed by atoms with Crippen molar-refractivity contribution in [1.29, 1.82) is 0 Å². The Balaban J connectivity index is 2.59. The third-order valence-electron chi connectivity index (χ3n) is 2.44. The molecule has 0 bridgehead atoms. The number of hydrogen-bond donors (Lipinski definition) is 1. The minimum Gasteiger partial charge on any atom is -0.496 e. The van der Waals surface area contributed by atoms with Crippen LogP contribution in [-0.2, 0) is 7.05 Å². The highest BCUT2D eigenvalue weighted by atomic mass is 19.1. The van der Waals surface area contributed by atoms with Crippen molar-refractivity contribution in [3.8, 4) is 16.9 Å². The third-order valence-corrected chi connectivity index (χ3v) is 2.44. The van der Waals surface area contributed by atoms with Crippen LogP contribution in [0, 0.1) is 5.82 Å². The van der Waals surface area contributed by atoms with Crippen LogP contribution in [0.15, 0.2) is 24.4 Å². The Morgan fingerprint density at radius 3 is 2.69 bits per heavy atom. The fourth-order valence-corrected chi connectivity index (χ4v) is 1.54. The summed E-state index contributed by atoms with van der Waals surface area (Å²) >= 11 is 0. The van der Waals surface area contributed by atoms with Crippen LogP contribution in [0.1, 0.15) is 0 Å². The van der Waals surface area contributed by atoms with Crippen LogP contribution in [0.5, 0.6) is 5.75 Å². The van der Waals surface area contributed by atoms with Gasteiger partial charge < -0.3 is 10.5 Å². The molecule has 0 atom stereocenters. The summed E-state index contributed by atoms with van der Waals surface area (Å²) in [5, 5.41) is 4.03. The highest BCUT2D eigenvalue weighted by Gasteiger charge is 2.12. The molecule has 0 aliphatic heterocycles. The van der Waals surface area contributed by atoms with Gasteiger partial charge in [-0.2, -0.15) is 5.10 Å². The number of methoxy groups -OCH3 is 1. The molecule has 16 heavy (non-hydrogen) atoms. The molecule has 0 aliphatic rings. The highest BCUT2D eigenvalue weighted by molar-refractivity contribution is 5.78. The van der Waals surface area contributed by atoms with Crippen LogP contribution in [0.3, 0.4) is 0 Å². The van der Waals surface area contributed by atoms with Gasteiger partial charge in [0, 0.05) is 24.2 Å².